The average Bonchev–Trinajstić information content (AvgIpc) is 2.12. The highest BCUT2D eigenvalue weighted by molar-refractivity contribution is 6.35. The minimum absolute atomic E-state index is 0.648. The van der Waals surface area contributed by atoms with Crippen molar-refractivity contribution in [2.45, 2.75) is 0 Å². The van der Waals surface area contributed by atoms with Gasteiger partial charge in [0.05, 0.1) is 0 Å². The Morgan fingerprint density at radius 3 is 2.50 bits per heavy atom. The maximum absolute atomic E-state index is 5.94. The molecular formula is C10H7ClN. The Bertz CT molecular complexity index is 383. The van der Waals surface area contributed by atoms with Crippen LogP contribution >= 0.6 is 11.6 Å². The van der Waals surface area contributed by atoms with E-state index < -0.39 is 0 Å². The molecule has 0 bridgehead atoms. The first-order chi connectivity index (χ1) is 5.79. The Hall–Kier alpha value is -1.21. The molecule has 0 spiro atoms. The van der Waals surface area contributed by atoms with Gasteiger partial charge in [0.2, 0.25) is 0 Å². The lowest BCUT2D eigenvalue weighted by Gasteiger charge is -2.01. The minimum Gasteiger partial charge on any atom is -0.398 e. The van der Waals surface area contributed by atoms with Crippen molar-refractivity contribution < 1.29 is 0 Å². The zero-order valence-electron chi connectivity index (χ0n) is 6.34. The summed E-state index contributed by atoms with van der Waals surface area (Å²) in [5.74, 6) is 0. The van der Waals surface area contributed by atoms with Crippen LogP contribution in [0.25, 0.3) is 10.8 Å². The monoisotopic (exact) mass is 176 g/mol. The summed E-state index contributed by atoms with van der Waals surface area (Å²) < 4.78 is 0. The van der Waals surface area contributed by atoms with Gasteiger partial charge in [-0.2, -0.15) is 0 Å². The maximum atomic E-state index is 5.94. The Morgan fingerprint density at radius 1 is 1.17 bits per heavy atom. The summed E-state index contributed by atoms with van der Waals surface area (Å²) in [6, 6.07) is 12.3. The fourth-order valence-electron chi connectivity index (χ4n) is 1.22. The van der Waals surface area contributed by atoms with Gasteiger partial charge in [-0.05, 0) is 6.07 Å². The number of fused-ring (bicyclic) bond motifs is 1. The normalized spacial score (nSPS) is 10.4. The molecule has 0 amide bonds. The third-order valence-corrected chi connectivity index (χ3v) is 2.14. The second-order valence-electron chi connectivity index (χ2n) is 2.60. The van der Waals surface area contributed by atoms with Crippen molar-refractivity contribution in [1.29, 1.82) is 0 Å². The van der Waals surface area contributed by atoms with Gasteiger partial charge in [0.1, 0.15) is 0 Å². The van der Waals surface area contributed by atoms with Crippen LogP contribution in [-0.2, 0) is 0 Å². The summed E-state index contributed by atoms with van der Waals surface area (Å²) in [5.41, 5.74) is 6.36. The molecule has 12 heavy (non-hydrogen) atoms. The van der Waals surface area contributed by atoms with Crippen LogP contribution in [0, 0.1) is 6.07 Å². The standard InChI is InChI=1S/C10H7ClN/c11-9-5-6-10(12)8-4-2-1-3-7(8)9/h1-5H,12H2. The molecule has 2 N–H and O–H groups in total. The Morgan fingerprint density at radius 2 is 1.83 bits per heavy atom. The van der Waals surface area contributed by atoms with E-state index >= 15 is 0 Å². The zero-order chi connectivity index (χ0) is 8.55. The average molecular weight is 177 g/mol. The van der Waals surface area contributed by atoms with Gasteiger partial charge in [0.15, 0.2) is 0 Å². The second-order valence-corrected chi connectivity index (χ2v) is 3.00. The molecule has 2 rings (SSSR count). The third-order valence-electron chi connectivity index (χ3n) is 1.83. The fraction of sp³-hybridized carbons (Fsp3) is 0. The molecule has 2 heteroatoms. The minimum atomic E-state index is 0.648. The first kappa shape index (κ1) is 7.44. The van der Waals surface area contributed by atoms with Crippen LogP contribution in [0.3, 0.4) is 0 Å². The first-order valence-corrected chi connectivity index (χ1v) is 4.01. The molecule has 59 valence electrons. The van der Waals surface area contributed by atoms with Crippen LogP contribution in [0.15, 0.2) is 30.3 Å². The van der Waals surface area contributed by atoms with E-state index in [4.69, 9.17) is 17.3 Å². The van der Waals surface area contributed by atoms with Gasteiger partial charge in [-0.15, -0.1) is 0 Å². The van der Waals surface area contributed by atoms with Crippen LogP contribution in [0.5, 0.6) is 0 Å². The molecule has 2 aromatic rings. The number of nitrogen functional groups attached to an aromatic ring is 1. The Kier molecular flexibility index (Phi) is 1.66. The van der Waals surface area contributed by atoms with Crippen LogP contribution in [0.4, 0.5) is 5.69 Å². The molecular weight excluding hydrogens is 170 g/mol. The predicted molar refractivity (Wildman–Crippen MR) is 52.2 cm³/mol. The Balaban J connectivity index is 2.95. The van der Waals surface area contributed by atoms with Crippen molar-refractivity contribution in [3.05, 3.63) is 41.4 Å². The highest BCUT2D eigenvalue weighted by Gasteiger charge is 1.99. The number of nitrogens with two attached hydrogens (primary N) is 1. The molecule has 2 aromatic carbocycles. The number of hydrogen-bond acceptors (Lipinski definition) is 1. The van der Waals surface area contributed by atoms with E-state index in [2.05, 4.69) is 6.07 Å². The van der Waals surface area contributed by atoms with E-state index in [0.29, 0.717) is 10.7 Å². The van der Waals surface area contributed by atoms with Crippen molar-refractivity contribution in [2.24, 2.45) is 0 Å². The quantitative estimate of drug-likeness (QED) is 0.614. The lowest BCUT2D eigenvalue weighted by atomic mass is 10.1. The third kappa shape index (κ3) is 1.03. The molecule has 0 heterocycles. The van der Waals surface area contributed by atoms with Gasteiger partial charge in [-0.3, -0.25) is 0 Å². The number of rotatable bonds is 0. The molecule has 0 aliphatic carbocycles. The highest BCUT2D eigenvalue weighted by atomic mass is 35.5. The van der Waals surface area contributed by atoms with Crippen molar-refractivity contribution in [1.82, 2.24) is 0 Å². The lowest BCUT2D eigenvalue weighted by Crippen LogP contribution is -1.86. The number of hydrogen-bond donors (Lipinski definition) is 1. The number of halogens is 1. The highest BCUT2D eigenvalue weighted by Crippen LogP contribution is 2.26. The van der Waals surface area contributed by atoms with Crippen molar-refractivity contribution in [3.63, 3.8) is 0 Å². The molecule has 0 atom stereocenters. The van der Waals surface area contributed by atoms with Crippen LogP contribution in [0.2, 0.25) is 5.02 Å². The predicted octanol–water partition coefficient (Wildman–Crippen LogP) is 2.88. The molecule has 0 unspecified atom stereocenters. The van der Waals surface area contributed by atoms with E-state index in [0.717, 1.165) is 10.8 Å². The van der Waals surface area contributed by atoms with Gasteiger partial charge >= 0.3 is 0 Å². The van der Waals surface area contributed by atoms with Crippen LogP contribution in [-0.4, -0.2) is 0 Å². The van der Waals surface area contributed by atoms with Crippen molar-refractivity contribution >= 4 is 28.1 Å². The second kappa shape index (κ2) is 2.68. The SMILES string of the molecule is Nc1[c]cc(Cl)c2ccccc12. The molecule has 0 saturated carbocycles. The Labute approximate surface area is 75.8 Å². The van der Waals surface area contributed by atoms with Crippen LogP contribution in [0.1, 0.15) is 0 Å². The summed E-state index contributed by atoms with van der Waals surface area (Å²) in [4.78, 5) is 0. The van der Waals surface area contributed by atoms with E-state index in [1.165, 1.54) is 0 Å². The van der Waals surface area contributed by atoms with E-state index in [9.17, 15) is 0 Å². The van der Waals surface area contributed by atoms with Gasteiger partial charge < -0.3 is 5.73 Å². The molecule has 0 fully saturated rings. The largest absolute Gasteiger partial charge is 0.398 e. The first-order valence-electron chi connectivity index (χ1n) is 3.63. The van der Waals surface area contributed by atoms with E-state index in [1.54, 1.807) is 6.07 Å². The van der Waals surface area contributed by atoms with E-state index in [-0.39, 0.29) is 0 Å². The zero-order valence-corrected chi connectivity index (χ0v) is 7.10. The number of anilines is 1. The summed E-state index contributed by atoms with van der Waals surface area (Å²) in [6.07, 6.45) is 0. The van der Waals surface area contributed by atoms with Crippen molar-refractivity contribution in [2.75, 3.05) is 5.73 Å². The molecule has 0 aliphatic heterocycles. The van der Waals surface area contributed by atoms with Crippen molar-refractivity contribution in [3.8, 4) is 0 Å². The summed E-state index contributed by atoms with van der Waals surface area (Å²) >= 11 is 5.94. The summed E-state index contributed by atoms with van der Waals surface area (Å²) in [6.45, 7) is 0. The van der Waals surface area contributed by atoms with Gasteiger partial charge in [0.25, 0.3) is 0 Å². The summed E-state index contributed by atoms with van der Waals surface area (Å²) in [5, 5.41) is 2.64. The maximum Gasteiger partial charge on any atom is 0.0492 e. The number of benzene rings is 2. The van der Waals surface area contributed by atoms with Gasteiger partial charge in [0, 0.05) is 27.5 Å². The fourth-order valence-corrected chi connectivity index (χ4v) is 1.44. The lowest BCUT2D eigenvalue weighted by molar-refractivity contribution is 1.71. The topological polar surface area (TPSA) is 26.0 Å². The molecule has 1 nitrogen and oxygen atoms in total. The smallest absolute Gasteiger partial charge is 0.0492 e. The van der Waals surface area contributed by atoms with Gasteiger partial charge in [-0.25, -0.2) is 0 Å². The molecule has 0 aromatic heterocycles. The molecule has 0 saturated heterocycles. The molecule has 0 aliphatic rings. The molecule has 1 radical (unpaired) electrons. The van der Waals surface area contributed by atoms with Crippen LogP contribution < -0.4 is 5.73 Å². The summed E-state index contributed by atoms with van der Waals surface area (Å²) in [7, 11) is 0. The van der Waals surface area contributed by atoms with Gasteiger partial charge in [-0.1, -0.05) is 35.9 Å². The van der Waals surface area contributed by atoms with E-state index in [1.807, 2.05) is 24.3 Å².